The maximum Gasteiger partial charge on any atom is 0.263 e. The molecular formula is C22H35N3O3. The Kier molecular flexibility index (Phi) is 7.00. The van der Waals surface area contributed by atoms with Gasteiger partial charge in [0.25, 0.3) is 5.91 Å². The van der Waals surface area contributed by atoms with Crippen molar-refractivity contribution in [3.63, 3.8) is 0 Å². The van der Waals surface area contributed by atoms with Gasteiger partial charge in [-0.15, -0.1) is 0 Å². The second-order valence-corrected chi connectivity index (χ2v) is 9.15. The van der Waals surface area contributed by atoms with Crippen LogP contribution in [-0.4, -0.2) is 57.4 Å². The maximum absolute atomic E-state index is 12.9. The van der Waals surface area contributed by atoms with E-state index < -0.39 is 0 Å². The first kappa shape index (κ1) is 21.1. The van der Waals surface area contributed by atoms with Crippen LogP contribution < -0.4 is 5.32 Å². The van der Waals surface area contributed by atoms with Crippen LogP contribution in [0, 0.1) is 34.5 Å². The summed E-state index contributed by atoms with van der Waals surface area (Å²) in [5.41, 5.74) is 0.389. The average Bonchev–Trinajstić information content (AvgIpc) is 2.66. The van der Waals surface area contributed by atoms with Crippen LogP contribution in [0.5, 0.6) is 0 Å². The molecule has 4 rings (SSSR count). The van der Waals surface area contributed by atoms with Gasteiger partial charge in [-0.05, 0) is 68.6 Å². The number of hydrogen-bond donors (Lipinski definition) is 1. The number of nitrogens with one attached hydrogen (secondary N) is 1. The molecule has 28 heavy (non-hydrogen) atoms. The van der Waals surface area contributed by atoms with Gasteiger partial charge < -0.3 is 19.7 Å². The van der Waals surface area contributed by atoms with E-state index >= 15 is 0 Å². The van der Waals surface area contributed by atoms with Gasteiger partial charge in [0.15, 0.2) is 0 Å². The largest absolute Gasteiger partial charge is 0.383 e. The van der Waals surface area contributed by atoms with Gasteiger partial charge in [0.05, 0.1) is 13.2 Å². The topological polar surface area (TPSA) is 74.6 Å². The van der Waals surface area contributed by atoms with Gasteiger partial charge in [-0.1, -0.05) is 0 Å². The summed E-state index contributed by atoms with van der Waals surface area (Å²) in [6, 6.07) is 2.20. The highest BCUT2D eigenvalue weighted by Gasteiger charge is 2.53. The molecule has 0 saturated heterocycles. The van der Waals surface area contributed by atoms with Crippen LogP contribution in [0.3, 0.4) is 0 Å². The lowest BCUT2D eigenvalue weighted by Crippen LogP contribution is -2.56. The summed E-state index contributed by atoms with van der Waals surface area (Å²) in [6.45, 7) is 4.44. The van der Waals surface area contributed by atoms with E-state index in [0.29, 0.717) is 26.3 Å². The fraction of sp³-hybridized carbons (Fsp3) is 0.818. The first-order valence-corrected chi connectivity index (χ1v) is 10.6. The van der Waals surface area contributed by atoms with Crippen molar-refractivity contribution >= 4 is 5.91 Å². The third-order valence-corrected chi connectivity index (χ3v) is 7.19. The number of amides is 1. The van der Waals surface area contributed by atoms with E-state index in [-0.39, 0.29) is 22.9 Å². The molecule has 1 N–H and O–H groups in total. The van der Waals surface area contributed by atoms with Crippen molar-refractivity contribution in [1.29, 1.82) is 5.26 Å². The van der Waals surface area contributed by atoms with E-state index in [4.69, 9.17) is 9.47 Å². The lowest BCUT2D eigenvalue weighted by atomic mass is 9.48. The second-order valence-electron chi connectivity index (χ2n) is 9.15. The molecule has 6 nitrogen and oxygen atoms in total. The third kappa shape index (κ3) is 4.69. The van der Waals surface area contributed by atoms with Crippen LogP contribution in [0.15, 0.2) is 11.8 Å². The number of ether oxygens (including phenoxy) is 2. The molecule has 0 radical (unpaired) electrons. The molecule has 0 aliphatic heterocycles. The molecule has 1 amide bonds. The highest BCUT2D eigenvalue weighted by Crippen LogP contribution is 2.61. The Bertz CT molecular complexity index is 582. The normalized spacial score (nSPS) is 32.1. The smallest absolute Gasteiger partial charge is 0.263 e. The van der Waals surface area contributed by atoms with Crippen LogP contribution in [0.4, 0.5) is 0 Å². The molecule has 1 unspecified atom stereocenters. The summed E-state index contributed by atoms with van der Waals surface area (Å²) in [4.78, 5) is 14.8. The lowest BCUT2D eigenvalue weighted by molar-refractivity contribution is -0.122. The summed E-state index contributed by atoms with van der Waals surface area (Å²) in [7, 11) is 3.28. The van der Waals surface area contributed by atoms with E-state index in [2.05, 4.69) is 18.3 Å². The van der Waals surface area contributed by atoms with E-state index in [1.54, 1.807) is 20.4 Å². The second kappa shape index (κ2) is 9.28. The summed E-state index contributed by atoms with van der Waals surface area (Å²) < 4.78 is 10.3. The van der Waals surface area contributed by atoms with Crippen LogP contribution in [0.25, 0.3) is 0 Å². The summed E-state index contributed by atoms with van der Waals surface area (Å²) in [5, 5.41) is 12.8. The van der Waals surface area contributed by atoms with Crippen molar-refractivity contribution in [3.05, 3.63) is 11.8 Å². The number of nitrogens with zero attached hydrogens (tertiary/aromatic N) is 2. The summed E-state index contributed by atoms with van der Waals surface area (Å²) in [6.07, 6.45) is 9.52. The Labute approximate surface area is 169 Å². The molecule has 4 saturated carbocycles. The van der Waals surface area contributed by atoms with Crippen LogP contribution in [0.2, 0.25) is 0 Å². The summed E-state index contributed by atoms with van der Waals surface area (Å²) >= 11 is 0. The molecule has 0 aromatic heterocycles. The van der Waals surface area contributed by atoms with Crippen molar-refractivity contribution in [2.75, 3.05) is 40.5 Å². The number of rotatable bonds is 10. The molecule has 6 heteroatoms. The average molecular weight is 390 g/mol. The molecule has 4 aliphatic rings. The van der Waals surface area contributed by atoms with Gasteiger partial charge in [-0.2, -0.15) is 5.26 Å². The minimum Gasteiger partial charge on any atom is -0.383 e. The minimum absolute atomic E-state index is 0.108. The highest BCUT2D eigenvalue weighted by atomic mass is 16.5. The molecule has 0 aromatic rings. The van der Waals surface area contributed by atoms with Crippen molar-refractivity contribution in [2.24, 2.45) is 23.2 Å². The quantitative estimate of drug-likeness (QED) is 0.459. The fourth-order valence-corrected chi connectivity index (χ4v) is 6.11. The Hall–Kier alpha value is -1.58. The van der Waals surface area contributed by atoms with Gasteiger partial charge in [0, 0.05) is 39.6 Å². The lowest BCUT2D eigenvalue weighted by Gasteiger charge is -2.59. The zero-order valence-corrected chi connectivity index (χ0v) is 17.6. The fourth-order valence-electron chi connectivity index (χ4n) is 6.11. The van der Waals surface area contributed by atoms with Crippen molar-refractivity contribution in [2.45, 2.75) is 51.5 Å². The number of carbonyl (C=O) groups excluding carboxylic acids is 1. The SMILES string of the molecule is COCCN(/C=C(/C#N)C(=O)NC(C)C12CC3CC(CC(C3)C1)C2)CCOC. The Morgan fingerprint density at radius 3 is 2.07 bits per heavy atom. The highest BCUT2D eigenvalue weighted by molar-refractivity contribution is 5.97. The van der Waals surface area contributed by atoms with Crippen LogP contribution in [-0.2, 0) is 14.3 Å². The molecule has 4 aliphatic carbocycles. The van der Waals surface area contributed by atoms with Gasteiger partial charge in [0.2, 0.25) is 0 Å². The van der Waals surface area contributed by atoms with Gasteiger partial charge in [-0.3, -0.25) is 4.79 Å². The standard InChI is InChI=1S/C22H35N3O3/c1-16(22-11-17-8-18(12-22)10-19(9-17)13-22)24-21(26)20(14-23)15-25(4-6-27-2)5-7-28-3/h15-19H,4-13H2,1-3H3,(H,24,26)/b20-15-. The van der Waals surface area contributed by atoms with Crippen molar-refractivity contribution in [1.82, 2.24) is 10.2 Å². The van der Waals surface area contributed by atoms with E-state index in [1.165, 1.54) is 38.5 Å². The molecule has 0 aromatic carbocycles. The van der Waals surface area contributed by atoms with Crippen molar-refractivity contribution in [3.8, 4) is 6.07 Å². The molecule has 0 heterocycles. The zero-order chi connectivity index (χ0) is 20.1. The minimum atomic E-state index is -0.259. The van der Waals surface area contributed by atoms with Crippen LogP contribution in [0.1, 0.15) is 45.4 Å². The van der Waals surface area contributed by atoms with Gasteiger partial charge in [-0.25, -0.2) is 0 Å². The van der Waals surface area contributed by atoms with Gasteiger partial charge in [0.1, 0.15) is 11.6 Å². The van der Waals surface area contributed by atoms with E-state index in [0.717, 1.165) is 17.8 Å². The predicted molar refractivity (Wildman–Crippen MR) is 107 cm³/mol. The third-order valence-electron chi connectivity index (χ3n) is 7.19. The van der Waals surface area contributed by atoms with E-state index in [1.807, 2.05) is 4.90 Å². The summed E-state index contributed by atoms with van der Waals surface area (Å²) in [5.74, 6) is 2.27. The first-order chi connectivity index (χ1) is 13.5. The van der Waals surface area contributed by atoms with Crippen molar-refractivity contribution < 1.29 is 14.3 Å². The Morgan fingerprint density at radius 1 is 1.14 bits per heavy atom. The molecule has 1 atom stereocenters. The monoisotopic (exact) mass is 389 g/mol. The van der Waals surface area contributed by atoms with E-state index in [9.17, 15) is 10.1 Å². The van der Waals surface area contributed by atoms with Crippen LogP contribution >= 0.6 is 0 Å². The predicted octanol–water partition coefficient (Wildman–Crippen LogP) is 2.71. The molecule has 4 bridgehead atoms. The molecule has 0 spiro atoms. The Balaban J connectivity index is 1.65. The molecular weight excluding hydrogens is 354 g/mol. The zero-order valence-electron chi connectivity index (χ0n) is 17.6. The molecule has 156 valence electrons. The Morgan fingerprint density at radius 2 is 1.64 bits per heavy atom. The van der Waals surface area contributed by atoms with Gasteiger partial charge >= 0.3 is 0 Å². The number of carbonyl (C=O) groups is 1. The molecule has 4 fully saturated rings. The number of nitriles is 1. The first-order valence-electron chi connectivity index (χ1n) is 10.6. The number of hydrogen-bond acceptors (Lipinski definition) is 5. The maximum atomic E-state index is 12.9. The number of methoxy groups -OCH3 is 2.